The number of rotatable bonds is 4. The van der Waals surface area contributed by atoms with Crippen LogP contribution in [0.4, 0.5) is 15.8 Å². The fraction of sp³-hybridized carbons (Fsp3) is 0.538. The van der Waals surface area contributed by atoms with Crippen molar-refractivity contribution < 1.29 is 9.31 Å². The predicted molar refractivity (Wildman–Crippen MR) is 76.8 cm³/mol. The maximum Gasteiger partial charge on any atom is 0.295 e. The summed E-state index contributed by atoms with van der Waals surface area (Å²) in [6.07, 6.45) is 3.85. The lowest BCUT2D eigenvalue weighted by Crippen LogP contribution is -2.35. The summed E-state index contributed by atoms with van der Waals surface area (Å²) in [5, 5.41) is 17.2. The number of benzene rings is 1. The minimum absolute atomic E-state index is 0.109. The lowest BCUT2D eigenvalue weighted by atomic mass is 9.91. The number of halogens is 2. The van der Waals surface area contributed by atoms with Gasteiger partial charge in [0.05, 0.1) is 16.0 Å². The minimum atomic E-state index is -0.775. The van der Waals surface area contributed by atoms with Crippen molar-refractivity contribution in [2.45, 2.75) is 37.8 Å². The fourth-order valence-corrected chi connectivity index (χ4v) is 2.71. The van der Waals surface area contributed by atoms with Crippen LogP contribution in [0.1, 0.15) is 25.7 Å². The van der Waals surface area contributed by atoms with Crippen molar-refractivity contribution in [1.29, 1.82) is 0 Å². The van der Waals surface area contributed by atoms with Crippen LogP contribution in [0.2, 0.25) is 5.02 Å². The van der Waals surface area contributed by atoms with Crippen molar-refractivity contribution in [3.05, 3.63) is 33.1 Å². The van der Waals surface area contributed by atoms with Crippen LogP contribution in [0.15, 0.2) is 12.1 Å². The first kappa shape index (κ1) is 15.0. The Morgan fingerprint density at radius 1 is 1.30 bits per heavy atom. The number of nitro groups is 1. The first-order valence-electron chi connectivity index (χ1n) is 6.58. The first-order valence-corrected chi connectivity index (χ1v) is 6.96. The van der Waals surface area contributed by atoms with Gasteiger partial charge in [-0.1, -0.05) is 11.6 Å². The van der Waals surface area contributed by atoms with E-state index in [1.165, 1.54) is 6.07 Å². The molecule has 1 aromatic carbocycles. The van der Waals surface area contributed by atoms with Crippen molar-refractivity contribution >= 4 is 23.0 Å². The summed E-state index contributed by atoms with van der Waals surface area (Å²) in [6, 6.07) is 2.81. The highest BCUT2D eigenvalue weighted by Gasteiger charge is 2.24. The molecule has 110 valence electrons. The molecule has 7 heteroatoms. The largest absolute Gasteiger partial charge is 0.377 e. The smallest absolute Gasteiger partial charge is 0.295 e. The van der Waals surface area contributed by atoms with E-state index in [0.29, 0.717) is 6.04 Å². The van der Waals surface area contributed by atoms with Gasteiger partial charge in [-0.25, -0.2) is 4.39 Å². The minimum Gasteiger partial charge on any atom is -0.377 e. The zero-order chi connectivity index (χ0) is 14.7. The van der Waals surface area contributed by atoms with Gasteiger partial charge >= 0.3 is 0 Å². The molecule has 0 radical (unpaired) electrons. The van der Waals surface area contributed by atoms with Gasteiger partial charge in [0.25, 0.3) is 5.69 Å². The molecule has 1 aliphatic carbocycles. The topological polar surface area (TPSA) is 67.2 Å². The van der Waals surface area contributed by atoms with Gasteiger partial charge in [-0.3, -0.25) is 10.1 Å². The maximum absolute atomic E-state index is 13.3. The molecule has 0 heterocycles. The predicted octanol–water partition coefficient (Wildman–Crippen LogP) is 3.33. The maximum atomic E-state index is 13.3. The van der Waals surface area contributed by atoms with E-state index >= 15 is 0 Å². The average molecular weight is 302 g/mol. The van der Waals surface area contributed by atoms with Gasteiger partial charge in [-0.15, -0.1) is 0 Å². The normalized spacial score (nSPS) is 22.6. The van der Waals surface area contributed by atoms with E-state index in [4.69, 9.17) is 11.6 Å². The van der Waals surface area contributed by atoms with E-state index < -0.39 is 10.7 Å². The second kappa shape index (κ2) is 6.37. The van der Waals surface area contributed by atoms with Crippen molar-refractivity contribution in [1.82, 2.24) is 5.32 Å². The SMILES string of the molecule is CNC1CCC(Nc2cc(Cl)c(F)cc2[N+](=O)[O-])CC1. The molecule has 0 spiro atoms. The van der Waals surface area contributed by atoms with E-state index in [-0.39, 0.29) is 22.4 Å². The first-order chi connectivity index (χ1) is 9.51. The molecule has 0 aliphatic heterocycles. The van der Waals surface area contributed by atoms with E-state index in [0.717, 1.165) is 31.7 Å². The van der Waals surface area contributed by atoms with Gasteiger partial charge in [0, 0.05) is 12.1 Å². The molecule has 1 aliphatic rings. The van der Waals surface area contributed by atoms with Gasteiger partial charge in [-0.2, -0.15) is 0 Å². The molecule has 0 bridgehead atoms. The van der Waals surface area contributed by atoms with Gasteiger partial charge < -0.3 is 10.6 Å². The summed E-state index contributed by atoms with van der Waals surface area (Å²) < 4.78 is 13.3. The Hall–Kier alpha value is -1.40. The monoisotopic (exact) mass is 301 g/mol. The molecule has 0 amide bonds. The molecular weight excluding hydrogens is 285 g/mol. The Balaban J connectivity index is 2.13. The Morgan fingerprint density at radius 3 is 2.45 bits per heavy atom. The van der Waals surface area contributed by atoms with Crippen LogP contribution >= 0.6 is 11.6 Å². The van der Waals surface area contributed by atoms with Crippen LogP contribution in [0.3, 0.4) is 0 Å². The summed E-state index contributed by atoms with van der Waals surface area (Å²) in [5.74, 6) is -0.775. The molecule has 0 aromatic heterocycles. The van der Waals surface area contributed by atoms with E-state index in [1.54, 1.807) is 0 Å². The highest BCUT2D eigenvalue weighted by molar-refractivity contribution is 6.31. The standard InChI is InChI=1S/C13H17ClFN3O2/c1-16-8-2-4-9(5-3-8)17-12-6-10(14)11(15)7-13(12)18(19)20/h6-9,16-17H,2-5H2,1H3. The summed E-state index contributed by atoms with van der Waals surface area (Å²) in [7, 11) is 1.93. The fourth-order valence-electron chi connectivity index (χ4n) is 2.55. The Bertz CT molecular complexity index is 505. The Labute approximate surface area is 121 Å². The molecule has 1 aromatic rings. The van der Waals surface area contributed by atoms with Crippen LogP contribution in [0, 0.1) is 15.9 Å². The zero-order valence-electron chi connectivity index (χ0n) is 11.2. The second-order valence-corrected chi connectivity index (χ2v) is 5.43. The Morgan fingerprint density at radius 2 is 1.90 bits per heavy atom. The second-order valence-electron chi connectivity index (χ2n) is 5.02. The van der Waals surface area contributed by atoms with Crippen molar-refractivity contribution in [3.63, 3.8) is 0 Å². The Kier molecular flexibility index (Phi) is 4.77. The number of nitrogens with zero attached hydrogens (tertiary/aromatic N) is 1. The summed E-state index contributed by atoms with van der Waals surface area (Å²) in [5.41, 5.74) is 0.0111. The number of nitrogens with one attached hydrogen (secondary N) is 2. The number of nitro benzene ring substituents is 1. The van der Waals surface area contributed by atoms with Gasteiger partial charge in [0.1, 0.15) is 11.5 Å². The molecule has 5 nitrogen and oxygen atoms in total. The molecule has 0 saturated heterocycles. The molecule has 0 atom stereocenters. The molecule has 1 fully saturated rings. The highest BCUT2D eigenvalue weighted by atomic mass is 35.5. The van der Waals surface area contributed by atoms with Crippen molar-refractivity contribution in [2.24, 2.45) is 0 Å². The molecular formula is C13H17ClFN3O2. The third kappa shape index (κ3) is 3.37. The lowest BCUT2D eigenvalue weighted by Gasteiger charge is -2.29. The third-order valence-corrected chi connectivity index (χ3v) is 4.02. The molecule has 1 saturated carbocycles. The summed E-state index contributed by atoms with van der Waals surface area (Å²) in [4.78, 5) is 10.4. The van der Waals surface area contributed by atoms with E-state index in [2.05, 4.69) is 10.6 Å². The third-order valence-electron chi connectivity index (χ3n) is 3.73. The van der Waals surface area contributed by atoms with E-state index in [1.807, 2.05) is 7.05 Å². The van der Waals surface area contributed by atoms with Crippen molar-refractivity contribution in [3.8, 4) is 0 Å². The molecule has 2 N–H and O–H groups in total. The molecule has 2 rings (SSSR count). The van der Waals surface area contributed by atoms with Crippen LogP contribution in [0.25, 0.3) is 0 Å². The number of hydrogen-bond acceptors (Lipinski definition) is 4. The van der Waals surface area contributed by atoms with Crippen LogP contribution in [-0.2, 0) is 0 Å². The van der Waals surface area contributed by atoms with Gasteiger partial charge in [0.2, 0.25) is 0 Å². The van der Waals surface area contributed by atoms with Gasteiger partial charge in [0.15, 0.2) is 0 Å². The van der Waals surface area contributed by atoms with Gasteiger partial charge in [-0.05, 0) is 38.8 Å². The van der Waals surface area contributed by atoms with Crippen LogP contribution < -0.4 is 10.6 Å². The highest BCUT2D eigenvalue weighted by Crippen LogP contribution is 2.32. The lowest BCUT2D eigenvalue weighted by molar-refractivity contribution is -0.384. The zero-order valence-corrected chi connectivity index (χ0v) is 11.9. The van der Waals surface area contributed by atoms with Crippen LogP contribution in [0.5, 0.6) is 0 Å². The molecule has 0 unspecified atom stereocenters. The number of hydrogen-bond donors (Lipinski definition) is 2. The number of anilines is 1. The average Bonchev–Trinajstić information content (AvgIpc) is 2.43. The summed E-state index contributed by atoms with van der Waals surface area (Å²) >= 11 is 5.71. The van der Waals surface area contributed by atoms with Crippen LogP contribution in [-0.4, -0.2) is 24.1 Å². The molecule has 20 heavy (non-hydrogen) atoms. The summed E-state index contributed by atoms with van der Waals surface area (Å²) in [6.45, 7) is 0. The quantitative estimate of drug-likeness (QED) is 0.661. The van der Waals surface area contributed by atoms with E-state index in [9.17, 15) is 14.5 Å². The van der Waals surface area contributed by atoms with Crippen molar-refractivity contribution in [2.75, 3.05) is 12.4 Å².